The van der Waals surface area contributed by atoms with E-state index in [4.69, 9.17) is 0 Å². The maximum absolute atomic E-state index is 10.4. The minimum atomic E-state index is -2.46. The molecule has 0 unspecified atom stereocenters. The molecule has 0 aliphatic carbocycles. The topological polar surface area (TPSA) is 51.2 Å². The van der Waals surface area contributed by atoms with Crippen molar-refractivity contribution in [2.24, 2.45) is 0 Å². The Labute approximate surface area is 72.0 Å². The molecule has 1 aromatic carbocycles. The van der Waals surface area contributed by atoms with Crippen LogP contribution in [-0.2, 0) is 16.5 Å². The third kappa shape index (κ3) is 2.17. The van der Waals surface area contributed by atoms with E-state index in [0.29, 0.717) is 17.4 Å². The molecule has 0 aliphatic heterocycles. The van der Waals surface area contributed by atoms with Crippen molar-refractivity contribution < 1.29 is 13.2 Å². The van der Waals surface area contributed by atoms with Gasteiger partial charge in [-0.05, 0) is 5.56 Å². The van der Waals surface area contributed by atoms with Crippen LogP contribution < -0.4 is 0 Å². The van der Waals surface area contributed by atoms with Gasteiger partial charge in [-0.15, -0.1) is 0 Å². The number of rotatable bonds is 3. The van der Waals surface area contributed by atoms with Crippen molar-refractivity contribution in [3.8, 4) is 0 Å². The lowest BCUT2D eigenvalue weighted by atomic mass is 10.1. The highest BCUT2D eigenvalue weighted by molar-refractivity contribution is 7.71. The second-order valence-electron chi connectivity index (χ2n) is 2.31. The molecule has 1 rings (SSSR count). The Kier molecular flexibility index (Phi) is 2.99. The summed E-state index contributed by atoms with van der Waals surface area (Å²) in [5.74, 6) is -0.0652. The van der Waals surface area contributed by atoms with Crippen LogP contribution in [0.4, 0.5) is 0 Å². The minimum Gasteiger partial charge on any atom is -0.298 e. The highest BCUT2D eigenvalue weighted by Crippen LogP contribution is 2.06. The van der Waals surface area contributed by atoms with E-state index in [1.807, 2.05) is 0 Å². The standard InChI is InChI=1S/C8H8O3S/c9-5-7-3-1-2-4-8(7)6-12(10)11/h1-5,12H,6H2. The van der Waals surface area contributed by atoms with Gasteiger partial charge in [-0.25, -0.2) is 8.42 Å². The summed E-state index contributed by atoms with van der Waals surface area (Å²) >= 11 is 0. The SMILES string of the molecule is O=Cc1ccccc1C[SH](=O)=O. The summed E-state index contributed by atoms with van der Waals surface area (Å²) in [4.78, 5) is 10.4. The monoisotopic (exact) mass is 184 g/mol. The summed E-state index contributed by atoms with van der Waals surface area (Å²) in [6.45, 7) is 0. The quantitative estimate of drug-likeness (QED) is 0.553. The van der Waals surface area contributed by atoms with E-state index in [2.05, 4.69) is 0 Å². The molecule has 0 atom stereocenters. The predicted molar refractivity (Wildman–Crippen MR) is 45.8 cm³/mol. The van der Waals surface area contributed by atoms with Crippen LogP contribution in [0.15, 0.2) is 24.3 Å². The molecule has 0 saturated heterocycles. The van der Waals surface area contributed by atoms with E-state index < -0.39 is 10.7 Å². The summed E-state index contributed by atoms with van der Waals surface area (Å²) in [7, 11) is -2.46. The van der Waals surface area contributed by atoms with Gasteiger partial charge in [0, 0.05) is 5.56 Å². The van der Waals surface area contributed by atoms with Crippen LogP contribution in [0, 0.1) is 0 Å². The summed E-state index contributed by atoms with van der Waals surface area (Å²) in [5, 5.41) is 0. The summed E-state index contributed by atoms with van der Waals surface area (Å²) in [6, 6.07) is 6.64. The first-order chi connectivity index (χ1) is 5.74. The van der Waals surface area contributed by atoms with Crippen molar-refractivity contribution in [3.63, 3.8) is 0 Å². The largest absolute Gasteiger partial charge is 0.298 e. The summed E-state index contributed by atoms with van der Waals surface area (Å²) in [5.41, 5.74) is 1.00. The Morgan fingerprint density at radius 3 is 2.50 bits per heavy atom. The second kappa shape index (κ2) is 4.01. The van der Waals surface area contributed by atoms with Gasteiger partial charge in [0.25, 0.3) is 0 Å². The van der Waals surface area contributed by atoms with E-state index in [9.17, 15) is 13.2 Å². The van der Waals surface area contributed by atoms with E-state index >= 15 is 0 Å². The maximum atomic E-state index is 10.4. The molecule has 64 valence electrons. The second-order valence-corrected chi connectivity index (χ2v) is 3.29. The van der Waals surface area contributed by atoms with Crippen molar-refractivity contribution in [3.05, 3.63) is 35.4 Å². The molecular weight excluding hydrogens is 176 g/mol. The third-order valence-electron chi connectivity index (χ3n) is 1.48. The van der Waals surface area contributed by atoms with Gasteiger partial charge in [0.05, 0.1) is 5.75 Å². The zero-order valence-electron chi connectivity index (χ0n) is 6.27. The first-order valence-corrected chi connectivity index (χ1v) is 4.75. The molecule has 0 bridgehead atoms. The highest BCUT2D eigenvalue weighted by Gasteiger charge is 1.99. The van der Waals surface area contributed by atoms with Crippen LogP contribution in [0.1, 0.15) is 15.9 Å². The molecule has 0 fully saturated rings. The van der Waals surface area contributed by atoms with Gasteiger partial charge in [-0.2, -0.15) is 0 Å². The van der Waals surface area contributed by atoms with Gasteiger partial charge in [-0.1, -0.05) is 24.3 Å². The Bertz CT molecular complexity index is 347. The van der Waals surface area contributed by atoms with Gasteiger partial charge in [0.2, 0.25) is 0 Å². The molecule has 0 N–H and O–H groups in total. The molecule has 0 amide bonds. The van der Waals surface area contributed by atoms with Gasteiger partial charge < -0.3 is 0 Å². The lowest BCUT2D eigenvalue weighted by Gasteiger charge is -1.97. The molecule has 0 heterocycles. The van der Waals surface area contributed by atoms with E-state index in [1.54, 1.807) is 24.3 Å². The Balaban J connectivity index is 3.04. The Morgan fingerprint density at radius 2 is 1.92 bits per heavy atom. The number of carbonyl (C=O) groups excluding carboxylic acids is 1. The van der Waals surface area contributed by atoms with Crippen LogP contribution in [0.25, 0.3) is 0 Å². The van der Waals surface area contributed by atoms with Crippen molar-refractivity contribution in [2.75, 3.05) is 0 Å². The van der Waals surface area contributed by atoms with Crippen LogP contribution in [0.2, 0.25) is 0 Å². The fourth-order valence-corrected chi connectivity index (χ4v) is 1.50. The van der Waals surface area contributed by atoms with Gasteiger partial charge in [0.1, 0.15) is 17.0 Å². The van der Waals surface area contributed by atoms with Crippen molar-refractivity contribution in [1.82, 2.24) is 0 Å². The Hall–Kier alpha value is -1.16. The zero-order chi connectivity index (χ0) is 8.97. The van der Waals surface area contributed by atoms with Crippen LogP contribution in [0.5, 0.6) is 0 Å². The number of thiol groups is 1. The first-order valence-electron chi connectivity index (χ1n) is 3.39. The van der Waals surface area contributed by atoms with Gasteiger partial charge in [-0.3, -0.25) is 4.79 Å². The minimum absolute atomic E-state index is 0.0652. The van der Waals surface area contributed by atoms with Crippen molar-refractivity contribution in [1.29, 1.82) is 0 Å². The molecule has 12 heavy (non-hydrogen) atoms. The smallest absolute Gasteiger partial charge is 0.150 e. The molecule has 1 aromatic rings. The molecule has 0 saturated carbocycles. The molecule has 0 spiro atoms. The lowest BCUT2D eigenvalue weighted by Crippen LogP contribution is -1.92. The lowest BCUT2D eigenvalue weighted by molar-refractivity contribution is 0.112. The number of benzene rings is 1. The van der Waals surface area contributed by atoms with E-state index in [0.717, 1.165) is 0 Å². The molecule has 4 heteroatoms. The van der Waals surface area contributed by atoms with Crippen molar-refractivity contribution in [2.45, 2.75) is 5.75 Å². The average molecular weight is 184 g/mol. The Morgan fingerprint density at radius 1 is 1.25 bits per heavy atom. The fourth-order valence-electron chi connectivity index (χ4n) is 0.932. The number of aldehydes is 1. The molecule has 0 aliphatic rings. The molecule has 0 aromatic heterocycles. The highest BCUT2D eigenvalue weighted by atomic mass is 32.2. The maximum Gasteiger partial charge on any atom is 0.150 e. The van der Waals surface area contributed by atoms with Crippen LogP contribution >= 0.6 is 0 Å². The molecule has 0 radical (unpaired) electrons. The fraction of sp³-hybridized carbons (Fsp3) is 0.125. The number of hydrogen-bond acceptors (Lipinski definition) is 3. The molecule has 3 nitrogen and oxygen atoms in total. The van der Waals surface area contributed by atoms with Gasteiger partial charge in [0.15, 0.2) is 0 Å². The van der Waals surface area contributed by atoms with Crippen LogP contribution in [-0.4, -0.2) is 14.7 Å². The van der Waals surface area contributed by atoms with Crippen LogP contribution in [0.3, 0.4) is 0 Å². The van der Waals surface area contributed by atoms with Crippen molar-refractivity contribution >= 4 is 17.0 Å². The summed E-state index contributed by atoms with van der Waals surface area (Å²) in [6.07, 6.45) is 0.661. The number of carbonyl (C=O) groups is 1. The third-order valence-corrected chi connectivity index (χ3v) is 2.08. The summed E-state index contributed by atoms with van der Waals surface area (Å²) < 4.78 is 20.7. The number of hydrogen-bond donors (Lipinski definition) is 1. The average Bonchev–Trinajstić information content (AvgIpc) is 2.04. The zero-order valence-corrected chi connectivity index (χ0v) is 7.16. The van der Waals surface area contributed by atoms with Gasteiger partial charge >= 0.3 is 0 Å². The first kappa shape index (κ1) is 8.93. The predicted octanol–water partition coefficient (Wildman–Crippen LogP) is 0.611. The normalized spacial score (nSPS) is 10.1. The molecular formula is C8H8O3S. The van der Waals surface area contributed by atoms with E-state index in [-0.39, 0.29) is 5.75 Å². The van der Waals surface area contributed by atoms with E-state index in [1.165, 1.54) is 0 Å².